The molecule has 0 aliphatic heterocycles. The van der Waals surface area contributed by atoms with E-state index < -0.39 is 58.6 Å². The molecule has 2 N–H and O–H groups in total. The number of rotatable bonds is 10. The second kappa shape index (κ2) is 11.6. The van der Waals surface area contributed by atoms with Crippen molar-refractivity contribution in [1.82, 2.24) is 0 Å². The van der Waals surface area contributed by atoms with Crippen LogP contribution < -0.4 is 19.9 Å². The Bertz CT molecular complexity index is 1230. The highest BCUT2D eigenvalue weighted by Crippen LogP contribution is 2.12. The van der Waals surface area contributed by atoms with E-state index in [-0.39, 0.29) is 21.9 Å². The molecule has 0 heterocycles. The first-order valence-electron chi connectivity index (χ1n) is 7.92. The van der Waals surface area contributed by atoms with Gasteiger partial charge in [0, 0.05) is 10.4 Å². The van der Waals surface area contributed by atoms with Gasteiger partial charge in [-0.2, -0.15) is 16.8 Å². The molecule has 0 spiro atoms. The molecule has 0 aliphatic carbocycles. The van der Waals surface area contributed by atoms with Crippen molar-refractivity contribution in [3.05, 3.63) is 45.4 Å². The number of ether oxygens (including phenoxy) is 2. The Balaban J connectivity index is 3.53. The first kappa shape index (κ1) is 26.3. The Kier molecular flexibility index (Phi) is 9.53. The van der Waals surface area contributed by atoms with Crippen LogP contribution in [-0.4, -0.2) is 52.4 Å². The molecule has 0 fully saturated rings. The molecule has 168 valence electrons. The van der Waals surface area contributed by atoms with E-state index in [2.05, 4.69) is 18.1 Å². The summed E-state index contributed by atoms with van der Waals surface area (Å²) in [6.45, 7) is 12.0. The maximum Gasteiger partial charge on any atom is 0.397 e. The first-order chi connectivity index (χ1) is 15.0. The van der Waals surface area contributed by atoms with Gasteiger partial charge in [-0.3, -0.25) is 9.11 Å². The van der Waals surface area contributed by atoms with Crippen molar-refractivity contribution in [1.29, 1.82) is 10.5 Å². The van der Waals surface area contributed by atoms with Gasteiger partial charge in [-0.25, -0.2) is 28.6 Å². The van der Waals surface area contributed by atoms with Crippen LogP contribution in [0.3, 0.4) is 0 Å². The minimum absolute atomic E-state index is 0.161. The topological polar surface area (TPSA) is 202 Å². The molecule has 0 saturated carbocycles. The Morgan fingerprint density at radius 3 is 1.41 bits per heavy atom. The number of hydrogen-bond donors (Lipinski definition) is 2. The van der Waals surface area contributed by atoms with E-state index in [0.29, 0.717) is 0 Å². The van der Waals surface area contributed by atoms with Crippen LogP contribution in [0.15, 0.2) is 12.1 Å². The summed E-state index contributed by atoms with van der Waals surface area (Å²) >= 11 is 0. The SMILES string of the molecule is [C-]#[N+]/C(C#N)=c1/cc(OCCOS(=O)(=O)O)/c(=C(\C#N)[N+]#[C-])cc1OCCOS(=O)(=O)O. The Morgan fingerprint density at radius 1 is 0.812 bits per heavy atom. The smallest absolute Gasteiger partial charge is 0.397 e. The van der Waals surface area contributed by atoms with Crippen molar-refractivity contribution >= 4 is 32.2 Å². The van der Waals surface area contributed by atoms with Gasteiger partial charge >= 0.3 is 20.8 Å². The normalized spacial score (nSPS) is 12.9. The third-order valence-electron chi connectivity index (χ3n) is 3.17. The van der Waals surface area contributed by atoms with Crippen LogP contribution in [0, 0.1) is 35.8 Å². The van der Waals surface area contributed by atoms with Gasteiger partial charge in [0.1, 0.15) is 37.9 Å². The summed E-state index contributed by atoms with van der Waals surface area (Å²) in [4.78, 5) is 6.05. The third-order valence-corrected chi connectivity index (χ3v) is 4.10. The lowest BCUT2D eigenvalue weighted by Gasteiger charge is -2.12. The van der Waals surface area contributed by atoms with Gasteiger partial charge in [0.2, 0.25) is 0 Å². The fraction of sp³-hybridized carbons (Fsp3) is 0.250. The zero-order valence-corrected chi connectivity index (χ0v) is 17.4. The molecule has 1 aromatic carbocycles. The van der Waals surface area contributed by atoms with Gasteiger partial charge in [-0.1, -0.05) is 0 Å². The largest absolute Gasteiger partial charge is 0.492 e. The minimum Gasteiger partial charge on any atom is -0.492 e. The van der Waals surface area contributed by atoms with Gasteiger partial charge in [0.15, 0.2) is 0 Å². The summed E-state index contributed by atoms with van der Waals surface area (Å²) in [5.74, 6) is -0.436. The third kappa shape index (κ3) is 8.55. The highest BCUT2D eigenvalue weighted by molar-refractivity contribution is 7.81. The number of hydrogen-bond acceptors (Lipinski definition) is 10. The molecule has 0 atom stereocenters. The molecule has 0 bridgehead atoms. The van der Waals surface area contributed by atoms with Gasteiger partial charge in [0.05, 0.1) is 25.3 Å². The molecule has 32 heavy (non-hydrogen) atoms. The average Bonchev–Trinajstić information content (AvgIpc) is 2.70. The Labute approximate surface area is 182 Å². The van der Waals surface area contributed by atoms with Crippen LogP contribution in [-0.2, 0) is 29.2 Å². The van der Waals surface area contributed by atoms with Gasteiger partial charge in [-0.05, 0) is 12.1 Å². The summed E-state index contributed by atoms with van der Waals surface area (Å²) in [7, 11) is -9.48. The average molecular weight is 484 g/mol. The van der Waals surface area contributed by atoms with E-state index >= 15 is 0 Å². The molecule has 1 rings (SSSR count). The van der Waals surface area contributed by atoms with Gasteiger partial charge in [-0.15, -0.1) is 0 Å². The van der Waals surface area contributed by atoms with Gasteiger partial charge in [0.25, 0.3) is 11.4 Å². The van der Waals surface area contributed by atoms with Crippen LogP contribution >= 0.6 is 0 Å². The number of benzene rings is 1. The second-order valence-electron chi connectivity index (χ2n) is 5.19. The number of nitriles is 2. The predicted octanol–water partition coefficient (Wildman–Crippen LogP) is -0.815. The van der Waals surface area contributed by atoms with Crippen molar-refractivity contribution in [2.24, 2.45) is 0 Å². The lowest BCUT2D eigenvalue weighted by atomic mass is 10.1. The molecule has 0 unspecified atom stereocenters. The summed E-state index contributed by atoms with van der Waals surface area (Å²) in [5.41, 5.74) is -0.995. The second-order valence-corrected chi connectivity index (χ2v) is 7.37. The van der Waals surface area contributed by atoms with Crippen molar-refractivity contribution in [3.8, 4) is 23.6 Å². The zero-order valence-electron chi connectivity index (χ0n) is 15.7. The number of nitrogens with zero attached hydrogens (tertiary/aromatic N) is 4. The van der Waals surface area contributed by atoms with Gasteiger partial charge < -0.3 is 9.47 Å². The van der Waals surface area contributed by atoms with Crippen LogP contribution in [0.5, 0.6) is 11.5 Å². The molecule has 14 nitrogen and oxygen atoms in total. The van der Waals surface area contributed by atoms with Crippen LogP contribution in [0.1, 0.15) is 0 Å². The van der Waals surface area contributed by atoms with Crippen LogP contribution in [0.25, 0.3) is 21.1 Å². The van der Waals surface area contributed by atoms with Crippen molar-refractivity contribution in [2.75, 3.05) is 26.4 Å². The van der Waals surface area contributed by atoms with Crippen molar-refractivity contribution in [3.63, 3.8) is 0 Å². The summed E-state index contributed by atoms with van der Waals surface area (Å²) in [6, 6.07) is 5.35. The zero-order chi connectivity index (χ0) is 24.4. The lowest BCUT2D eigenvalue weighted by molar-refractivity contribution is 0.197. The molecule has 0 amide bonds. The molecule has 0 saturated heterocycles. The summed E-state index contributed by atoms with van der Waals surface area (Å²) in [5, 5.41) is 18.1. The maximum absolute atomic E-state index is 10.6. The summed E-state index contributed by atoms with van der Waals surface area (Å²) in [6.07, 6.45) is 0. The quantitative estimate of drug-likeness (QED) is 0.238. The molecule has 16 heteroatoms. The van der Waals surface area contributed by atoms with Crippen molar-refractivity contribution < 1.29 is 43.8 Å². The van der Waals surface area contributed by atoms with E-state index in [4.69, 9.17) is 31.7 Å². The molecular formula is C16H12N4O10S2. The fourth-order valence-electron chi connectivity index (χ4n) is 2.04. The van der Waals surface area contributed by atoms with E-state index in [1.165, 1.54) is 0 Å². The standard InChI is InChI=1S/C16H12N4O10S2/c1-19-13(9-17)11-7-16(28-4-6-30-32(24,25)26)12(14(10-18)20-2)8-15(11)27-3-5-29-31(21,22)23/h7-8H,3-6H2,(H,21,22,23)(H,24,25,26)/b13-11-,14-12+. The first-order valence-corrected chi connectivity index (χ1v) is 10.7. The molecule has 1 aromatic rings. The lowest BCUT2D eigenvalue weighted by Crippen LogP contribution is -2.22. The Morgan fingerprint density at radius 2 is 1.16 bits per heavy atom. The fourth-order valence-corrected chi connectivity index (χ4v) is 2.60. The summed E-state index contributed by atoms with van der Waals surface area (Å²) < 4.78 is 78.3. The molecule has 0 radical (unpaired) electrons. The predicted molar refractivity (Wildman–Crippen MR) is 103 cm³/mol. The Hall–Kier alpha value is -3.74. The molecule has 0 aliphatic rings. The van der Waals surface area contributed by atoms with E-state index in [0.717, 1.165) is 12.1 Å². The van der Waals surface area contributed by atoms with Crippen molar-refractivity contribution in [2.45, 2.75) is 0 Å². The monoisotopic (exact) mass is 484 g/mol. The molecular weight excluding hydrogens is 472 g/mol. The van der Waals surface area contributed by atoms with E-state index in [1.807, 2.05) is 0 Å². The maximum atomic E-state index is 10.6. The van der Waals surface area contributed by atoms with Crippen LogP contribution in [0.2, 0.25) is 0 Å². The highest BCUT2D eigenvalue weighted by Gasteiger charge is 2.13. The van der Waals surface area contributed by atoms with E-state index in [1.54, 1.807) is 12.1 Å². The van der Waals surface area contributed by atoms with Crippen LogP contribution in [0.4, 0.5) is 0 Å². The highest BCUT2D eigenvalue weighted by atomic mass is 32.3. The molecule has 0 aromatic heterocycles. The van der Waals surface area contributed by atoms with E-state index in [9.17, 15) is 27.4 Å². The minimum atomic E-state index is -4.74.